The normalized spacial score (nSPS) is 13.2. The molecule has 324 valence electrons. The van der Waals surface area contributed by atoms with Crippen molar-refractivity contribution in [2.75, 3.05) is 26.3 Å². The van der Waals surface area contributed by atoms with E-state index in [4.69, 9.17) is 15.2 Å². The van der Waals surface area contributed by atoms with Crippen LogP contribution in [0.5, 0.6) is 0 Å². The molecule has 0 bridgehead atoms. The number of nitrogens with zero attached hydrogens (tertiary/aromatic N) is 2. The highest BCUT2D eigenvalue weighted by atomic mass is 19.1. The van der Waals surface area contributed by atoms with Crippen molar-refractivity contribution in [3.8, 4) is 11.1 Å². The molecule has 1 aromatic heterocycles. The molecular formula is C47H55F2N5O7. The van der Waals surface area contributed by atoms with Crippen molar-refractivity contribution in [2.45, 2.75) is 65.4 Å². The number of hydrogen-bond acceptors (Lipinski definition) is 8. The maximum Gasteiger partial charge on any atom is 0.407 e. The van der Waals surface area contributed by atoms with Crippen LogP contribution in [0.3, 0.4) is 0 Å². The first-order valence-corrected chi connectivity index (χ1v) is 19.9. The van der Waals surface area contributed by atoms with E-state index in [9.17, 15) is 28.7 Å². The van der Waals surface area contributed by atoms with Crippen molar-refractivity contribution in [2.24, 2.45) is 11.1 Å². The summed E-state index contributed by atoms with van der Waals surface area (Å²) in [6.07, 6.45) is 7.45. The van der Waals surface area contributed by atoms with Gasteiger partial charge in [0.1, 0.15) is 37.5 Å². The minimum Gasteiger partial charge on any atom is -0.459 e. The number of nitrogens with one attached hydrogen (secondary N) is 2. The average Bonchev–Trinajstić information content (AvgIpc) is 3.64. The Morgan fingerprint density at radius 1 is 0.967 bits per heavy atom. The largest absolute Gasteiger partial charge is 0.459 e. The number of halogens is 2. The van der Waals surface area contributed by atoms with Crippen molar-refractivity contribution in [3.05, 3.63) is 156 Å². The lowest BCUT2D eigenvalue weighted by Gasteiger charge is -2.41. The minimum absolute atomic E-state index is 0.0296. The third-order valence-electron chi connectivity index (χ3n) is 9.61. The fourth-order valence-corrected chi connectivity index (χ4v) is 6.71. The number of benzene rings is 3. The van der Waals surface area contributed by atoms with Gasteiger partial charge >= 0.3 is 12.1 Å². The zero-order chi connectivity index (χ0) is 44.5. The number of allylic oxidation sites excluding steroid dienone is 3. The Balaban J connectivity index is 1.58. The minimum atomic E-state index is -1.38. The number of rotatable bonds is 20. The van der Waals surface area contributed by atoms with Crippen LogP contribution in [0.15, 0.2) is 128 Å². The van der Waals surface area contributed by atoms with E-state index in [1.807, 2.05) is 61.7 Å². The van der Waals surface area contributed by atoms with Gasteiger partial charge in [0.2, 0.25) is 11.8 Å². The maximum absolute atomic E-state index is 15.2. The molecule has 4 aromatic rings. The Labute approximate surface area is 355 Å². The Kier molecular flexibility index (Phi) is 17.7. The number of aliphatic hydroxyl groups excluding tert-OH is 1. The van der Waals surface area contributed by atoms with Gasteiger partial charge in [-0.1, -0.05) is 112 Å². The highest BCUT2D eigenvalue weighted by Crippen LogP contribution is 2.41. The number of carbonyl (C=O) groups is 4. The number of esters is 1. The summed E-state index contributed by atoms with van der Waals surface area (Å²) in [5.41, 5.74) is 8.94. The molecule has 3 unspecified atom stereocenters. The molecule has 3 atom stereocenters. The first-order chi connectivity index (χ1) is 29.1. The summed E-state index contributed by atoms with van der Waals surface area (Å²) in [5, 5.41) is 15.3. The van der Waals surface area contributed by atoms with E-state index >= 15 is 4.39 Å². The van der Waals surface area contributed by atoms with Gasteiger partial charge in [0, 0.05) is 36.1 Å². The number of amides is 3. The second-order valence-corrected chi connectivity index (χ2v) is 15.4. The second-order valence-electron chi connectivity index (χ2n) is 15.4. The molecule has 0 fully saturated rings. The van der Waals surface area contributed by atoms with Gasteiger partial charge in [0.05, 0.1) is 18.6 Å². The molecule has 0 aliphatic carbocycles. The topological polar surface area (TPSA) is 165 Å². The quantitative estimate of drug-likeness (QED) is 0.0561. The van der Waals surface area contributed by atoms with Crippen LogP contribution in [0.2, 0.25) is 0 Å². The van der Waals surface area contributed by atoms with E-state index in [1.54, 1.807) is 67.8 Å². The number of nitrogens with two attached hydrogens (primary N) is 1. The lowest BCUT2D eigenvalue weighted by Crippen LogP contribution is -2.54. The molecule has 61 heavy (non-hydrogen) atoms. The van der Waals surface area contributed by atoms with Gasteiger partial charge in [-0.25, -0.2) is 18.4 Å². The maximum atomic E-state index is 15.2. The summed E-state index contributed by atoms with van der Waals surface area (Å²) in [6.45, 7) is 9.87. The van der Waals surface area contributed by atoms with Crippen LogP contribution in [-0.4, -0.2) is 76.8 Å². The second kappa shape index (κ2) is 22.8. The highest BCUT2D eigenvalue weighted by molar-refractivity contribution is 5.88. The predicted molar refractivity (Wildman–Crippen MR) is 230 cm³/mol. The molecule has 3 amide bonds. The average molecular weight is 840 g/mol. The highest BCUT2D eigenvalue weighted by Gasteiger charge is 2.38. The summed E-state index contributed by atoms with van der Waals surface area (Å²) in [7, 11) is 0. The fourth-order valence-electron chi connectivity index (χ4n) is 6.71. The molecule has 0 saturated carbocycles. The van der Waals surface area contributed by atoms with E-state index in [-0.39, 0.29) is 31.7 Å². The Morgan fingerprint density at radius 2 is 1.64 bits per heavy atom. The Morgan fingerprint density at radius 3 is 2.26 bits per heavy atom. The first kappa shape index (κ1) is 47.3. The molecule has 3 aromatic carbocycles. The van der Waals surface area contributed by atoms with Crippen molar-refractivity contribution in [3.63, 3.8) is 0 Å². The third kappa shape index (κ3) is 14.1. The van der Waals surface area contributed by atoms with Crippen LogP contribution in [0.1, 0.15) is 57.0 Å². The van der Waals surface area contributed by atoms with Crippen LogP contribution in [-0.2, 0) is 37.0 Å². The zero-order valence-corrected chi connectivity index (χ0v) is 35.0. The lowest BCUT2D eigenvalue weighted by molar-refractivity contribution is -0.149. The molecular weight excluding hydrogens is 785 g/mol. The Hall–Kier alpha value is -6.38. The van der Waals surface area contributed by atoms with E-state index in [2.05, 4.69) is 17.2 Å². The van der Waals surface area contributed by atoms with Crippen molar-refractivity contribution in [1.29, 1.82) is 0 Å². The van der Waals surface area contributed by atoms with Gasteiger partial charge < -0.3 is 40.4 Å². The van der Waals surface area contributed by atoms with Gasteiger partial charge in [0.15, 0.2) is 0 Å². The summed E-state index contributed by atoms with van der Waals surface area (Å²) in [5.74, 6) is -3.54. The van der Waals surface area contributed by atoms with E-state index in [1.165, 1.54) is 4.90 Å². The van der Waals surface area contributed by atoms with E-state index in [0.717, 1.165) is 23.8 Å². The smallest absolute Gasteiger partial charge is 0.407 e. The fraction of sp³-hybridized carbons (Fsp3) is 0.319. The molecule has 0 aliphatic rings. The number of alkyl carbamates (subject to hydrolysis) is 1. The van der Waals surface area contributed by atoms with Gasteiger partial charge in [-0.15, -0.1) is 0 Å². The van der Waals surface area contributed by atoms with Gasteiger partial charge in [-0.05, 0) is 59.7 Å². The van der Waals surface area contributed by atoms with Crippen LogP contribution in [0.25, 0.3) is 11.1 Å². The molecule has 0 radical (unpaired) electrons. The number of aliphatic hydroxyl groups is 1. The zero-order valence-electron chi connectivity index (χ0n) is 35.0. The predicted octanol–water partition coefficient (Wildman–Crippen LogP) is 6.75. The molecule has 12 nitrogen and oxygen atoms in total. The van der Waals surface area contributed by atoms with E-state index in [0.29, 0.717) is 28.9 Å². The van der Waals surface area contributed by atoms with Gasteiger partial charge in [-0.3, -0.25) is 9.59 Å². The Bertz CT molecular complexity index is 2170. The monoisotopic (exact) mass is 839 g/mol. The molecule has 1 heterocycles. The molecule has 0 spiro atoms. The summed E-state index contributed by atoms with van der Waals surface area (Å²) >= 11 is 0. The van der Waals surface area contributed by atoms with E-state index < -0.39 is 72.2 Å². The van der Waals surface area contributed by atoms with Crippen LogP contribution < -0.4 is 16.4 Å². The molecule has 0 aliphatic heterocycles. The van der Waals surface area contributed by atoms with Gasteiger partial charge in [-0.2, -0.15) is 0 Å². The molecule has 4 rings (SSSR count). The summed E-state index contributed by atoms with van der Waals surface area (Å²) in [4.78, 5) is 54.8. The SMILES string of the molecule is C=C/C=C(\C=C/C)COC(=O)NCC(NC(=O)C(N)CCN(C(=O)CO)C(c1cc(-c2cc(F)ccc2F)cn1Cc1ccccc1)C(C)(C)C)C(=O)OCc1ccccc1. The van der Waals surface area contributed by atoms with Gasteiger partial charge in [0.25, 0.3) is 0 Å². The van der Waals surface area contributed by atoms with Crippen molar-refractivity contribution < 1.29 is 42.5 Å². The summed E-state index contributed by atoms with van der Waals surface area (Å²) in [6, 6.07) is 19.8. The van der Waals surface area contributed by atoms with Crippen molar-refractivity contribution in [1.82, 2.24) is 20.1 Å². The molecule has 14 heteroatoms. The van der Waals surface area contributed by atoms with Crippen LogP contribution in [0.4, 0.5) is 13.6 Å². The summed E-state index contributed by atoms with van der Waals surface area (Å²) < 4.78 is 42.2. The van der Waals surface area contributed by atoms with Crippen molar-refractivity contribution >= 4 is 23.9 Å². The first-order valence-electron chi connectivity index (χ1n) is 19.9. The standard InChI is InChI=1S/C47H55F2N5O7/c1-6-14-33(15-7-2)31-61-46(59)51-26-40(45(58)60-30-34-18-12-9-13-19-34)52-44(57)39(50)22-23-54(42(56)29-55)43(47(3,4)5)41-24-35(37-25-36(48)20-21-38(37)49)28-53(41)27-32-16-10-8-11-17-32/h6-21,24-25,28,39-40,43,55H,1,22-23,26-27,29-31,50H2,2-5H3,(H,51,59)(H,52,57)/b15-7-,33-14+. The number of aromatic nitrogens is 1. The third-order valence-corrected chi connectivity index (χ3v) is 9.61. The lowest BCUT2D eigenvalue weighted by atomic mass is 9.82. The number of hydrogen-bond donors (Lipinski definition) is 4. The molecule has 0 saturated heterocycles. The molecule has 5 N–H and O–H groups in total. The van der Waals surface area contributed by atoms with Crippen LogP contribution >= 0.6 is 0 Å². The number of carbonyl (C=O) groups excluding carboxylic acids is 4. The van der Waals surface area contributed by atoms with Crippen LogP contribution in [0, 0.1) is 17.0 Å². The number of ether oxygens (including phenoxy) is 2.